The van der Waals surface area contributed by atoms with E-state index in [1.807, 2.05) is 42.7 Å². The standard InChI is InChI=1S/C18H17N5O2S/c1-3-22-17(14-5-4-8-25-14)20-21-18(22)26-11-13-9-16(24)23-10-12(2)6-7-15(23)19-13/h4-10H,3,11H2,1-2H3. The van der Waals surface area contributed by atoms with Crippen molar-refractivity contribution in [3.63, 3.8) is 0 Å². The number of aromatic nitrogens is 5. The minimum Gasteiger partial charge on any atom is -0.461 e. The van der Waals surface area contributed by atoms with E-state index in [0.29, 0.717) is 28.7 Å². The van der Waals surface area contributed by atoms with Crippen LogP contribution in [0.15, 0.2) is 57.2 Å². The molecule has 0 amide bonds. The zero-order chi connectivity index (χ0) is 18.1. The molecule has 0 aliphatic carbocycles. The van der Waals surface area contributed by atoms with Gasteiger partial charge >= 0.3 is 0 Å². The molecule has 0 saturated carbocycles. The van der Waals surface area contributed by atoms with Crippen LogP contribution >= 0.6 is 11.8 Å². The van der Waals surface area contributed by atoms with Crippen LogP contribution in [0.4, 0.5) is 0 Å². The van der Waals surface area contributed by atoms with Crippen LogP contribution in [0.3, 0.4) is 0 Å². The van der Waals surface area contributed by atoms with Gasteiger partial charge in [-0.2, -0.15) is 0 Å². The molecule has 4 heterocycles. The lowest BCUT2D eigenvalue weighted by Gasteiger charge is -2.07. The molecule has 0 aliphatic rings. The normalized spacial score (nSPS) is 11.3. The summed E-state index contributed by atoms with van der Waals surface area (Å²) in [4.78, 5) is 16.9. The van der Waals surface area contributed by atoms with E-state index in [0.717, 1.165) is 17.3 Å². The second kappa shape index (κ2) is 6.80. The maximum absolute atomic E-state index is 12.3. The topological polar surface area (TPSA) is 78.2 Å². The Morgan fingerprint density at radius 1 is 1.23 bits per heavy atom. The third kappa shape index (κ3) is 3.03. The Morgan fingerprint density at radius 3 is 2.88 bits per heavy atom. The first-order valence-corrected chi connectivity index (χ1v) is 9.23. The average Bonchev–Trinajstić information content (AvgIpc) is 3.29. The van der Waals surface area contributed by atoms with Crippen molar-refractivity contribution in [3.05, 3.63) is 64.4 Å². The van der Waals surface area contributed by atoms with Gasteiger partial charge in [0, 0.05) is 24.6 Å². The molecule has 0 N–H and O–H groups in total. The number of nitrogens with zero attached hydrogens (tertiary/aromatic N) is 5. The fourth-order valence-electron chi connectivity index (χ4n) is 2.74. The summed E-state index contributed by atoms with van der Waals surface area (Å²) in [6.07, 6.45) is 3.41. The van der Waals surface area contributed by atoms with E-state index in [4.69, 9.17) is 4.42 Å². The Bertz CT molecular complexity index is 1110. The molecule has 0 fully saturated rings. The average molecular weight is 367 g/mol. The fraction of sp³-hybridized carbons (Fsp3) is 0.222. The van der Waals surface area contributed by atoms with Crippen molar-refractivity contribution >= 4 is 17.4 Å². The zero-order valence-electron chi connectivity index (χ0n) is 14.4. The number of pyridine rings is 1. The van der Waals surface area contributed by atoms with Gasteiger partial charge in [0.15, 0.2) is 16.7 Å². The van der Waals surface area contributed by atoms with Crippen LogP contribution in [-0.2, 0) is 12.3 Å². The van der Waals surface area contributed by atoms with Crippen molar-refractivity contribution in [1.82, 2.24) is 24.1 Å². The molecular formula is C18H17N5O2S. The van der Waals surface area contributed by atoms with Gasteiger partial charge in [0.05, 0.1) is 12.0 Å². The van der Waals surface area contributed by atoms with Crippen LogP contribution in [0, 0.1) is 6.92 Å². The summed E-state index contributed by atoms with van der Waals surface area (Å²) >= 11 is 1.50. The van der Waals surface area contributed by atoms with E-state index >= 15 is 0 Å². The van der Waals surface area contributed by atoms with E-state index in [-0.39, 0.29) is 5.56 Å². The molecule has 4 rings (SSSR count). The van der Waals surface area contributed by atoms with Crippen molar-refractivity contribution < 1.29 is 4.42 Å². The molecular weight excluding hydrogens is 350 g/mol. The fourth-order valence-corrected chi connectivity index (χ4v) is 3.63. The maximum atomic E-state index is 12.3. The van der Waals surface area contributed by atoms with Gasteiger partial charge in [-0.05, 0) is 37.6 Å². The summed E-state index contributed by atoms with van der Waals surface area (Å²) in [6, 6.07) is 9.06. The smallest absolute Gasteiger partial charge is 0.258 e. The number of aryl methyl sites for hydroxylation is 1. The highest BCUT2D eigenvalue weighted by molar-refractivity contribution is 7.98. The second-order valence-corrected chi connectivity index (χ2v) is 6.78. The monoisotopic (exact) mass is 367 g/mol. The van der Waals surface area contributed by atoms with E-state index < -0.39 is 0 Å². The van der Waals surface area contributed by atoms with Crippen LogP contribution in [0.25, 0.3) is 17.2 Å². The molecule has 0 radical (unpaired) electrons. The summed E-state index contributed by atoms with van der Waals surface area (Å²) in [6.45, 7) is 4.70. The third-order valence-electron chi connectivity index (χ3n) is 3.98. The SMILES string of the molecule is CCn1c(SCc2cc(=O)n3cc(C)ccc3n2)nnc1-c1ccco1. The summed E-state index contributed by atoms with van der Waals surface area (Å²) in [5.74, 6) is 1.92. The number of fused-ring (bicyclic) bond motifs is 1. The number of hydrogen-bond acceptors (Lipinski definition) is 6. The van der Waals surface area contributed by atoms with E-state index in [9.17, 15) is 4.79 Å². The lowest BCUT2D eigenvalue weighted by Crippen LogP contribution is -2.15. The van der Waals surface area contributed by atoms with Crippen molar-refractivity contribution in [2.24, 2.45) is 0 Å². The molecule has 8 heteroatoms. The molecule has 0 bridgehead atoms. The molecule has 26 heavy (non-hydrogen) atoms. The number of rotatable bonds is 5. The van der Waals surface area contributed by atoms with Crippen LogP contribution in [0.1, 0.15) is 18.2 Å². The summed E-state index contributed by atoms with van der Waals surface area (Å²) in [5, 5.41) is 9.26. The highest BCUT2D eigenvalue weighted by Gasteiger charge is 2.15. The Balaban J connectivity index is 1.61. The first-order valence-electron chi connectivity index (χ1n) is 8.24. The highest BCUT2D eigenvalue weighted by Crippen LogP contribution is 2.26. The van der Waals surface area contributed by atoms with Gasteiger partial charge in [0.2, 0.25) is 0 Å². The highest BCUT2D eigenvalue weighted by atomic mass is 32.2. The summed E-state index contributed by atoms with van der Waals surface area (Å²) in [5.41, 5.74) is 2.30. The first-order chi connectivity index (χ1) is 12.7. The molecule has 0 unspecified atom stereocenters. The van der Waals surface area contributed by atoms with Crippen molar-refractivity contribution in [1.29, 1.82) is 0 Å². The van der Waals surface area contributed by atoms with Gasteiger partial charge in [-0.25, -0.2) is 4.98 Å². The Kier molecular flexibility index (Phi) is 4.34. The zero-order valence-corrected chi connectivity index (χ0v) is 15.2. The van der Waals surface area contributed by atoms with Gasteiger partial charge in [-0.15, -0.1) is 10.2 Å². The van der Waals surface area contributed by atoms with Crippen molar-refractivity contribution in [2.75, 3.05) is 0 Å². The van der Waals surface area contributed by atoms with E-state index in [1.165, 1.54) is 11.8 Å². The Hall–Kier alpha value is -2.87. The second-order valence-electron chi connectivity index (χ2n) is 5.84. The van der Waals surface area contributed by atoms with Gasteiger partial charge in [-0.3, -0.25) is 13.8 Å². The molecule has 0 aliphatic heterocycles. The molecule has 0 aromatic carbocycles. The third-order valence-corrected chi connectivity index (χ3v) is 4.98. The first kappa shape index (κ1) is 16.6. The minimum atomic E-state index is -0.0810. The number of furan rings is 1. The Morgan fingerprint density at radius 2 is 2.12 bits per heavy atom. The van der Waals surface area contributed by atoms with Crippen LogP contribution in [0.5, 0.6) is 0 Å². The molecule has 0 saturated heterocycles. The molecule has 4 aromatic heterocycles. The van der Waals surface area contributed by atoms with Crippen LogP contribution in [-0.4, -0.2) is 24.1 Å². The predicted octanol–water partition coefficient (Wildman–Crippen LogP) is 3.17. The van der Waals surface area contributed by atoms with E-state index in [1.54, 1.807) is 22.9 Å². The predicted molar refractivity (Wildman–Crippen MR) is 99.2 cm³/mol. The van der Waals surface area contributed by atoms with Crippen LogP contribution in [0.2, 0.25) is 0 Å². The maximum Gasteiger partial charge on any atom is 0.258 e. The molecule has 132 valence electrons. The van der Waals surface area contributed by atoms with Gasteiger partial charge in [0.25, 0.3) is 5.56 Å². The van der Waals surface area contributed by atoms with E-state index in [2.05, 4.69) is 15.2 Å². The van der Waals surface area contributed by atoms with Gasteiger partial charge in [0.1, 0.15) is 5.65 Å². The van der Waals surface area contributed by atoms with Crippen molar-refractivity contribution in [2.45, 2.75) is 31.3 Å². The quantitative estimate of drug-likeness (QED) is 0.504. The molecule has 7 nitrogen and oxygen atoms in total. The van der Waals surface area contributed by atoms with Gasteiger partial charge < -0.3 is 4.42 Å². The van der Waals surface area contributed by atoms with Gasteiger partial charge in [-0.1, -0.05) is 17.8 Å². The largest absolute Gasteiger partial charge is 0.461 e. The Labute approximate surface area is 153 Å². The summed E-state index contributed by atoms with van der Waals surface area (Å²) in [7, 11) is 0. The summed E-state index contributed by atoms with van der Waals surface area (Å²) < 4.78 is 8.97. The molecule has 0 atom stereocenters. The lowest BCUT2D eigenvalue weighted by molar-refractivity contribution is 0.567. The number of hydrogen-bond donors (Lipinski definition) is 0. The molecule has 0 spiro atoms. The van der Waals surface area contributed by atoms with Crippen molar-refractivity contribution in [3.8, 4) is 11.6 Å². The lowest BCUT2D eigenvalue weighted by atomic mass is 10.3. The van der Waals surface area contributed by atoms with Crippen LogP contribution < -0.4 is 5.56 Å². The number of thioether (sulfide) groups is 1. The minimum absolute atomic E-state index is 0.0810. The molecule has 4 aromatic rings.